The molecular weight excluding hydrogens is 673 g/mol. The van der Waals surface area contributed by atoms with Crippen LogP contribution in [-0.4, -0.2) is 0 Å². The monoisotopic (exact) mass is 724 g/mol. The van der Waals surface area contributed by atoms with Crippen LogP contribution >= 0.6 is 0 Å². The Hall–Kier alpha value is -5.98. The molecule has 0 N–H and O–H groups in total. The van der Waals surface area contributed by atoms with Gasteiger partial charge in [-0.3, -0.25) is 0 Å². The van der Waals surface area contributed by atoms with Crippen molar-refractivity contribution in [3.63, 3.8) is 0 Å². The second-order valence-corrected chi connectivity index (χ2v) is 16.3. The van der Waals surface area contributed by atoms with Gasteiger partial charge in [-0.05, 0) is 117 Å². The minimum atomic E-state index is 0.151. The zero-order chi connectivity index (χ0) is 38.8. The molecule has 0 heteroatoms. The van der Waals surface area contributed by atoms with Crippen molar-refractivity contribution in [2.45, 2.75) is 58.8 Å². The standard InChI is InChI=1S/2C20H18.C16H16/c1-14-9-11-15(12-10-14)17-7-4-8-19-18-6-3-2-5-16(18)13-20(17)19;1-3-4-5-8-16-14-17-12-11-15(2)13-20(17)19-10-7-6-9-18(16)19;1-11-7-6-10-14-15(11)12-8-4-5-9-13(12)16(14,2)3/h2-12,16,18H,13H2,1H3;3-13H,1,14H2,2H3;4-10H,1-3H3/b;5-4-,16-8+;. The molecule has 0 amide bonds. The van der Waals surface area contributed by atoms with Crippen LogP contribution in [0.1, 0.15) is 69.8 Å². The molecule has 0 radical (unpaired) electrons. The highest BCUT2D eigenvalue weighted by molar-refractivity contribution is 5.89. The van der Waals surface area contributed by atoms with E-state index in [9.17, 15) is 0 Å². The minimum Gasteiger partial charge on any atom is -0.0991 e. The summed E-state index contributed by atoms with van der Waals surface area (Å²) in [6.45, 7) is 14.9. The molecule has 6 aromatic carbocycles. The summed E-state index contributed by atoms with van der Waals surface area (Å²) in [6.07, 6.45) is 19.3. The summed E-state index contributed by atoms with van der Waals surface area (Å²) in [6, 6.07) is 46.5. The molecule has 0 nitrogen and oxygen atoms in total. The van der Waals surface area contributed by atoms with Crippen molar-refractivity contribution in [2.75, 3.05) is 0 Å². The first-order valence-corrected chi connectivity index (χ1v) is 20.2. The van der Waals surface area contributed by atoms with Crippen LogP contribution < -0.4 is 0 Å². The van der Waals surface area contributed by atoms with Crippen molar-refractivity contribution >= 4 is 5.57 Å². The quantitative estimate of drug-likeness (QED) is 0.159. The molecule has 4 aliphatic carbocycles. The average molecular weight is 725 g/mol. The zero-order valence-electron chi connectivity index (χ0n) is 33.5. The third kappa shape index (κ3) is 7.02. The summed E-state index contributed by atoms with van der Waals surface area (Å²) < 4.78 is 0. The van der Waals surface area contributed by atoms with Gasteiger partial charge in [0.1, 0.15) is 0 Å². The normalized spacial score (nSPS) is 18.0. The predicted octanol–water partition coefficient (Wildman–Crippen LogP) is 14.7. The maximum Gasteiger partial charge on any atom is 0.0158 e. The van der Waals surface area contributed by atoms with Gasteiger partial charge in [-0.1, -0.05) is 208 Å². The molecule has 56 heavy (non-hydrogen) atoms. The van der Waals surface area contributed by atoms with E-state index in [1.54, 1.807) is 5.56 Å². The molecule has 0 aromatic heterocycles. The van der Waals surface area contributed by atoms with Crippen molar-refractivity contribution in [3.8, 4) is 33.4 Å². The molecule has 2 unspecified atom stereocenters. The lowest BCUT2D eigenvalue weighted by Crippen LogP contribution is -2.14. The first kappa shape index (κ1) is 37.0. The molecule has 0 aliphatic heterocycles. The van der Waals surface area contributed by atoms with Gasteiger partial charge in [-0.25, -0.2) is 0 Å². The Bertz CT molecular complexity index is 2540. The molecule has 4 aliphatic rings. The number of rotatable bonds is 3. The number of aryl methyl sites for hydroxylation is 3. The molecule has 0 spiro atoms. The van der Waals surface area contributed by atoms with Crippen LogP contribution in [0.3, 0.4) is 0 Å². The van der Waals surface area contributed by atoms with Gasteiger partial charge in [0.2, 0.25) is 0 Å². The van der Waals surface area contributed by atoms with E-state index >= 15 is 0 Å². The van der Waals surface area contributed by atoms with Crippen LogP contribution in [0.25, 0.3) is 39.0 Å². The van der Waals surface area contributed by atoms with Crippen molar-refractivity contribution in [1.29, 1.82) is 0 Å². The van der Waals surface area contributed by atoms with Gasteiger partial charge in [0, 0.05) is 11.3 Å². The summed E-state index contributed by atoms with van der Waals surface area (Å²) in [4.78, 5) is 0. The van der Waals surface area contributed by atoms with Gasteiger partial charge in [0.15, 0.2) is 0 Å². The lowest BCUT2D eigenvalue weighted by Gasteiger charge is -2.22. The summed E-state index contributed by atoms with van der Waals surface area (Å²) >= 11 is 0. The summed E-state index contributed by atoms with van der Waals surface area (Å²) in [5.41, 5.74) is 22.6. The number of hydrogen-bond acceptors (Lipinski definition) is 0. The largest absolute Gasteiger partial charge is 0.0991 e. The second-order valence-electron chi connectivity index (χ2n) is 16.3. The summed E-state index contributed by atoms with van der Waals surface area (Å²) in [5, 5.41) is 0. The number of hydrogen-bond donors (Lipinski definition) is 0. The highest BCUT2D eigenvalue weighted by Gasteiger charge is 2.35. The highest BCUT2D eigenvalue weighted by Crippen LogP contribution is 2.49. The maximum absolute atomic E-state index is 3.72. The second kappa shape index (κ2) is 15.6. The highest BCUT2D eigenvalue weighted by atomic mass is 14.4. The Kier molecular flexibility index (Phi) is 10.3. The molecule has 0 heterocycles. The van der Waals surface area contributed by atoms with Crippen molar-refractivity contribution < 1.29 is 0 Å². The molecule has 0 saturated carbocycles. The fourth-order valence-electron chi connectivity index (χ4n) is 9.30. The van der Waals surface area contributed by atoms with Crippen LogP contribution in [0.2, 0.25) is 0 Å². The van der Waals surface area contributed by atoms with E-state index in [1.807, 2.05) is 12.2 Å². The molecule has 10 rings (SSSR count). The van der Waals surface area contributed by atoms with Crippen LogP contribution in [0, 0.1) is 26.7 Å². The van der Waals surface area contributed by atoms with E-state index in [1.165, 1.54) is 89.9 Å². The predicted molar refractivity (Wildman–Crippen MR) is 241 cm³/mol. The average Bonchev–Trinajstić information content (AvgIpc) is 3.72. The van der Waals surface area contributed by atoms with E-state index in [4.69, 9.17) is 0 Å². The number of fused-ring (bicyclic) bond motifs is 9. The van der Waals surface area contributed by atoms with Gasteiger partial charge >= 0.3 is 0 Å². The van der Waals surface area contributed by atoms with Crippen molar-refractivity contribution in [3.05, 3.63) is 233 Å². The Labute approximate surface area is 335 Å². The van der Waals surface area contributed by atoms with Gasteiger partial charge < -0.3 is 0 Å². The van der Waals surface area contributed by atoms with Crippen molar-refractivity contribution in [2.24, 2.45) is 5.92 Å². The van der Waals surface area contributed by atoms with Gasteiger partial charge in [-0.15, -0.1) is 0 Å². The summed E-state index contributed by atoms with van der Waals surface area (Å²) in [7, 11) is 0. The van der Waals surface area contributed by atoms with Gasteiger partial charge in [0.25, 0.3) is 0 Å². The van der Waals surface area contributed by atoms with E-state index in [0.717, 1.165) is 6.42 Å². The minimum absolute atomic E-state index is 0.151. The van der Waals surface area contributed by atoms with Gasteiger partial charge in [0.05, 0.1) is 0 Å². The van der Waals surface area contributed by atoms with Crippen LogP contribution in [-0.2, 0) is 18.3 Å². The van der Waals surface area contributed by atoms with E-state index in [2.05, 4.69) is 205 Å². The molecule has 0 saturated heterocycles. The summed E-state index contributed by atoms with van der Waals surface area (Å²) in [5.74, 6) is 1.24. The van der Waals surface area contributed by atoms with E-state index in [0.29, 0.717) is 11.8 Å². The van der Waals surface area contributed by atoms with E-state index < -0.39 is 0 Å². The van der Waals surface area contributed by atoms with Crippen LogP contribution in [0.5, 0.6) is 0 Å². The van der Waals surface area contributed by atoms with Crippen LogP contribution in [0.15, 0.2) is 183 Å². The molecule has 0 bridgehead atoms. The molecular formula is C56H52. The third-order valence-electron chi connectivity index (χ3n) is 12.2. The topological polar surface area (TPSA) is 0 Å². The van der Waals surface area contributed by atoms with Gasteiger partial charge in [-0.2, -0.15) is 0 Å². The molecule has 276 valence electrons. The first-order valence-electron chi connectivity index (χ1n) is 20.2. The van der Waals surface area contributed by atoms with Crippen LogP contribution in [0.4, 0.5) is 0 Å². The lowest BCUT2D eigenvalue weighted by molar-refractivity contribution is 0.630. The first-order chi connectivity index (χ1) is 27.2. The lowest BCUT2D eigenvalue weighted by atomic mass is 9.81. The SMILES string of the molecule is C=C/C=C\C=C1/Cc2ccc(C)cc2-c2ccccc21.Cc1ccc(-c2cccc3c2CC2C=CC=CC32)cc1.Cc1cccc2c1-c1ccccc1C2(C)C. The smallest absolute Gasteiger partial charge is 0.0158 e. The molecule has 6 aromatic rings. The van der Waals surface area contributed by atoms with Crippen molar-refractivity contribution in [1.82, 2.24) is 0 Å². The molecule has 0 fully saturated rings. The Balaban J connectivity index is 0.000000119. The number of benzene rings is 6. The Morgan fingerprint density at radius 1 is 0.607 bits per heavy atom. The Morgan fingerprint density at radius 3 is 2.09 bits per heavy atom. The maximum atomic E-state index is 3.72. The fourth-order valence-corrected chi connectivity index (χ4v) is 9.30. The zero-order valence-corrected chi connectivity index (χ0v) is 33.5. The molecule has 2 atom stereocenters. The number of allylic oxidation sites excluding steroid dienone is 9. The third-order valence-corrected chi connectivity index (χ3v) is 12.2. The Morgan fingerprint density at radius 2 is 1.29 bits per heavy atom. The van der Waals surface area contributed by atoms with E-state index in [-0.39, 0.29) is 5.41 Å². The fraction of sp³-hybridized carbons (Fsp3) is 0.179.